The van der Waals surface area contributed by atoms with Gasteiger partial charge in [0.2, 0.25) is 5.78 Å². The molecule has 0 saturated heterocycles. The number of pyridine rings is 1. The number of carbonyl (C=O) groups excluding carboxylic acids is 2. The van der Waals surface area contributed by atoms with Crippen molar-refractivity contribution in [1.82, 2.24) is 4.57 Å². The first-order valence-electron chi connectivity index (χ1n) is 6.72. The normalized spacial score (nSPS) is 13.8. The molecule has 0 bridgehead atoms. The molecule has 108 valence electrons. The number of nitrogens with zero attached hydrogens (tertiary/aromatic N) is 2. The number of methoxy groups -OCH3 is 1. The predicted octanol–water partition coefficient (Wildman–Crippen LogP) is 0.787. The van der Waals surface area contributed by atoms with Gasteiger partial charge < -0.3 is 14.7 Å². The molecule has 0 saturated carbocycles. The minimum Gasteiger partial charge on any atom is -0.469 e. The average Bonchev–Trinajstić information content (AvgIpc) is 2.85. The van der Waals surface area contributed by atoms with Crippen LogP contribution in [-0.4, -0.2) is 29.1 Å². The van der Waals surface area contributed by atoms with Crippen LogP contribution in [0, 0.1) is 5.41 Å². The number of ether oxygens (including phenoxy) is 1. The van der Waals surface area contributed by atoms with Crippen molar-refractivity contribution in [2.45, 2.75) is 19.4 Å². The summed E-state index contributed by atoms with van der Waals surface area (Å²) in [5, 5.41) is 9.76. The molecule has 0 spiro atoms. The molecule has 3 rings (SSSR count). The molecule has 2 heterocycles. The van der Waals surface area contributed by atoms with Crippen molar-refractivity contribution in [3.8, 4) is 0 Å². The first-order chi connectivity index (χ1) is 10.0. The highest BCUT2D eigenvalue weighted by atomic mass is 16.5. The van der Waals surface area contributed by atoms with Crippen molar-refractivity contribution < 1.29 is 18.9 Å². The van der Waals surface area contributed by atoms with Crippen molar-refractivity contribution in [1.29, 1.82) is 5.41 Å². The largest absolute Gasteiger partial charge is 0.469 e. The number of hydrogen-bond donors (Lipinski definition) is 1. The third-order valence-corrected chi connectivity index (χ3v) is 3.92. The topological polar surface area (TPSA) is 76.0 Å². The van der Waals surface area contributed by atoms with E-state index in [1.165, 1.54) is 7.11 Å². The number of aromatic nitrogens is 2. The molecule has 0 unspecified atom stereocenters. The molecule has 0 atom stereocenters. The van der Waals surface area contributed by atoms with Gasteiger partial charge in [-0.05, 0) is 0 Å². The molecule has 1 N–H and O–H groups in total. The molecule has 0 radical (unpaired) electrons. The van der Waals surface area contributed by atoms with Crippen LogP contribution in [0.2, 0.25) is 0 Å². The van der Waals surface area contributed by atoms with Crippen molar-refractivity contribution in [3.05, 3.63) is 29.8 Å². The van der Waals surface area contributed by atoms with Gasteiger partial charge in [0.1, 0.15) is 12.7 Å². The van der Waals surface area contributed by atoms with Crippen LogP contribution < -0.4 is 4.57 Å². The van der Waals surface area contributed by atoms with Gasteiger partial charge >= 0.3 is 5.97 Å². The number of carbonyl (C=O) groups is 2. The van der Waals surface area contributed by atoms with Crippen LogP contribution in [0.4, 0.5) is 0 Å². The van der Waals surface area contributed by atoms with E-state index in [1.807, 2.05) is 30.1 Å². The highest BCUT2D eigenvalue weighted by molar-refractivity contribution is 6.48. The number of ketones is 1. The van der Waals surface area contributed by atoms with Crippen LogP contribution in [0.25, 0.3) is 10.8 Å². The van der Waals surface area contributed by atoms with Gasteiger partial charge in [0.25, 0.3) is 0 Å². The number of hydrogen-bond acceptors (Lipinski definition) is 4. The summed E-state index contributed by atoms with van der Waals surface area (Å²) in [5.74, 6) is -0.572. The second kappa shape index (κ2) is 4.80. The molecule has 2 aromatic heterocycles. The minimum absolute atomic E-state index is 0.0867. The van der Waals surface area contributed by atoms with Crippen LogP contribution in [-0.2, 0) is 29.5 Å². The molecule has 1 aliphatic rings. The number of nitrogens with one attached hydrogen (secondary N) is 1. The van der Waals surface area contributed by atoms with Gasteiger partial charge in [-0.25, -0.2) is 4.57 Å². The SMILES string of the molecule is COC(=O)CCn1cc2cc[n+](C)c3c2c1C(=O)C(=N)C3. The van der Waals surface area contributed by atoms with Crippen LogP contribution in [0.15, 0.2) is 18.5 Å². The second-order valence-electron chi connectivity index (χ2n) is 5.19. The van der Waals surface area contributed by atoms with Crippen molar-refractivity contribution in [2.75, 3.05) is 7.11 Å². The fraction of sp³-hybridized carbons (Fsp3) is 0.333. The van der Waals surface area contributed by atoms with E-state index in [0.717, 1.165) is 16.5 Å². The summed E-state index contributed by atoms with van der Waals surface area (Å²) in [7, 11) is 3.25. The Hall–Kier alpha value is -2.50. The molecular weight excluding hydrogens is 270 g/mol. The molecule has 0 aliphatic heterocycles. The maximum atomic E-state index is 12.3. The number of aryl methyl sites for hydroxylation is 2. The van der Waals surface area contributed by atoms with Crippen LogP contribution in [0.5, 0.6) is 0 Å². The molecule has 1 aliphatic carbocycles. The minimum atomic E-state index is -0.316. The molecule has 6 heteroatoms. The van der Waals surface area contributed by atoms with E-state index in [2.05, 4.69) is 4.74 Å². The third-order valence-electron chi connectivity index (χ3n) is 3.92. The van der Waals surface area contributed by atoms with Crippen molar-refractivity contribution in [2.24, 2.45) is 7.05 Å². The molecule has 0 fully saturated rings. The number of esters is 1. The van der Waals surface area contributed by atoms with Gasteiger partial charge in [-0.1, -0.05) is 0 Å². The van der Waals surface area contributed by atoms with Crippen molar-refractivity contribution in [3.63, 3.8) is 0 Å². The first kappa shape index (κ1) is 13.5. The van der Waals surface area contributed by atoms with E-state index in [9.17, 15) is 9.59 Å². The van der Waals surface area contributed by atoms with E-state index in [-0.39, 0.29) is 23.9 Å². The fourth-order valence-corrected chi connectivity index (χ4v) is 2.80. The first-order valence-corrected chi connectivity index (χ1v) is 6.72. The zero-order valence-electron chi connectivity index (χ0n) is 12.0. The molecule has 21 heavy (non-hydrogen) atoms. The molecule has 2 aromatic rings. The third kappa shape index (κ3) is 2.03. The monoisotopic (exact) mass is 286 g/mol. The zero-order chi connectivity index (χ0) is 15.1. The Morgan fingerprint density at radius 2 is 2.29 bits per heavy atom. The summed E-state index contributed by atoms with van der Waals surface area (Å²) in [5.41, 5.74) is 1.56. The summed E-state index contributed by atoms with van der Waals surface area (Å²) in [4.78, 5) is 23.7. The van der Waals surface area contributed by atoms with Gasteiger partial charge in [-0.3, -0.25) is 9.59 Å². The molecule has 6 nitrogen and oxygen atoms in total. The Morgan fingerprint density at radius 3 is 3.00 bits per heavy atom. The van der Waals surface area contributed by atoms with E-state index in [0.29, 0.717) is 18.7 Å². The van der Waals surface area contributed by atoms with Crippen LogP contribution >= 0.6 is 0 Å². The smallest absolute Gasteiger partial charge is 0.307 e. The van der Waals surface area contributed by atoms with E-state index < -0.39 is 0 Å². The van der Waals surface area contributed by atoms with E-state index in [1.54, 1.807) is 4.57 Å². The summed E-state index contributed by atoms with van der Waals surface area (Å²) in [6.45, 7) is 0.374. The van der Waals surface area contributed by atoms with E-state index >= 15 is 0 Å². The zero-order valence-corrected chi connectivity index (χ0v) is 12.0. The lowest BCUT2D eigenvalue weighted by Gasteiger charge is -2.13. The summed E-state index contributed by atoms with van der Waals surface area (Å²) in [6, 6.07) is 1.94. The lowest BCUT2D eigenvalue weighted by atomic mass is 9.95. The Kier molecular flexibility index (Phi) is 3.08. The number of Topliss-reactive ketones (excluding diaryl/α,β-unsaturated/α-hetero) is 1. The van der Waals surface area contributed by atoms with Gasteiger partial charge in [0, 0.05) is 24.2 Å². The van der Waals surface area contributed by atoms with Gasteiger partial charge in [0.05, 0.1) is 31.0 Å². The lowest BCUT2D eigenvalue weighted by molar-refractivity contribution is -0.677. The molecule has 0 aromatic carbocycles. The predicted molar refractivity (Wildman–Crippen MR) is 75.5 cm³/mol. The lowest BCUT2D eigenvalue weighted by Crippen LogP contribution is -2.38. The average molecular weight is 286 g/mol. The summed E-state index contributed by atoms with van der Waals surface area (Å²) < 4.78 is 8.35. The van der Waals surface area contributed by atoms with Crippen molar-refractivity contribution >= 4 is 28.2 Å². The van der Waals surface area contributed by atoms with Gasteiger partial charge in [-0.15, -0.1) is 0 Å². The van der Waals surface area contributed by atoms with Crippen LogP contribution in [0.3, 0.4) is 0 Å². The fourth-order valence-electron chi connectivity index (χ4n) is 2.80. The summed E-state index contributed by atoms with van der Waals surface area (Å²) >= 11 is 0. The van der Waals surface area contributed by atoms with Gasteiger partial charge in [0.15, 0.2) is 11.9 Å². The number of rotatable bonds is 3. The maximum absolute atomic E-state index is 12.3. The molecule has 0 amide bonds. The second-order valence-corrected chi connectivity index (χ2v) is 5.19. The Balaban J connectivity index is 2.16. The Labute approximate surface area is 121 Å². The molecular formula is C15H16N3O3+. The van der Waals surface area contributed by atoms with Gasteiger partial charge in [-0.2, -0.15) is 0 Å². The Morgan fingerprint density at radius 1 is 1.52 bits per heavy atom. The summed E-state index contributed by atoms with van der Waals surface area (Å²) in [6.07, 6.45) is 4.34. The van der Waals surface area contributed by atoms with E-state index in [4.69, 9.17) is 5.41 Å². The maximum Gasteiger partial charge on any atom is 0.307 e. The standard InChI is InChI=1S/C15H16N3O3/c1-17-5-3-9-8-18(6-4-12(19)21-2)14-13(9)11(17)7-10(16)15(14)20/h3,5,8,16H,4,6-7H2,1-2H3/q+1. The van der Waals surface area contributed by atoms with Crippen LogP contribution in [0.1, 0.15) is 22.6 Å². The highest BCUT2D eigenvalue weighted by Crippen LogP contribution is 2.28. The Bertz CT molecular complexity index is 789. The quantitative estimate of drug-likeness (QED) is 0.669. The highest BCUT2D eigenvalue weighted by Gasteiger charge is 2.32.